The van der Waals surface area contributed by atoms with Crippen molar-refractivity contribution in [2.75, 3.05) is 11.9 Å². The molecule has 0 aliphatic rings. The second kappa shape index (κ2) is 5.69. The molecule has 6 heteroatoms. The number of hydrogen-bond donors (Lipinski definition) is 3. The number of hydrogen-bond acceptors (Lipinski definition) is 3. The average molecular weight is 212 g/mol. The second-order valence-corrected chi connectivity index (χ2v) is 2.86. The molecular weight excluding hydrogens is 200 g/mol. The lowest BCUT2D eigenvalue weighted by Gasteiger charge is -2.03. The van der Waals surface area contributed by atoms with Crippen molar-refractivity contribution in [1.29, 1.82) is 0 Å². The Bertz CT molecular complexity index is 321. The molecule has 0 saturated carbocycles. The monoisotopic (exact) mass is 212 g/mol. The van der Waals surface area contributed by atoms with E-state index < -0.39 is 12.0 Å². The molecular formula is C9H12N2O4. The minimum Gasteiger partial charge on any atom is -0.481 e. The van der Waals surface area contributed by atoms with Gasteiger partial charge in [-0.15, -0.1) is 0 Å². The van der Waals surface area contributed by atoms with Crippen molar-refractivity contribution >= 4 is 17.9 Å². The van der Waals surface area contributed by atoms with Gasteiger partial charge in [0.25, 0.3) is 0 Å². The number of furan rings is 1. The molecule has 2 amide bonds. The highest BCUT2D eigenvalue weighted by molar-refractivity contribution is 5.87. The zero-order valence-electron chi connectivity index (χ0n) is 8.03. The fourth-order valence-electron chi connectivity index (χ4n) is 0.947. The molecule has 0 aliphatic heterocycles. The smallest absolute Gasteiger partial charge is 0.321 e. The van der Waals surface area contributed by atoms with Crippen LogP contribution in [0, 0.1) is 0 Å². The third-order valence-electron chi connectivity index (χ3n) is 1.61. The molecule has 1 aromatic heterocycles. The van der Waals surface area contributed by atoms with Gasteiger partial charge in [-0.25, -0.2) is 4.79 Å². The summed E-state index contributed by atoms with van der Waals surface area (Å²) in [6.45, 7) is 0.318. The molecule has 0 saturated heterocycles. The van der Waals surface area contributed by atoms with Crippen LogP contribution in [-0.2, 0) is 4.79 Å². The second-order valence-electron chi connectivity index (χ2n) is 2.86. The molecule has 1 heterocycles. The molecule has 0 bridgehead atoms. The minimum atomic E-state index is -0.872. The van der Waals surface area contributed by atoms with E-state index in [2.05, 4.69) is 10.6 Å². The fraction of sp³-hybridized carbons (Fsp3) is 0.333. The van der Waals surface area contributed by atoms with Gasteiger partial charge in [-0.3, -0.25) is 10.1 Å². The lowest BCUT2D eigenvalue weighted by molar-refractivity contribution is -0.137. The Morgan fingerprint density at radius 1 is 1.47 bits per heavy atom. The molecule has 0 radical (unpaired) electrons. The Morgan fingerprint density at radius 3 is 2.87 bits per heavy atom. The van der Waals surface area contributed by atoms with Crippen molar-refractivity contribution in [2.45, 2.75) is 12.8 Å². The van der Waals surface area contributed by atoms with Crippen LogP contribution < -0.4 is 10.6 Å². The predicted octanol–water partition coefficient (Wildman–Crippen LogP) is 1.27. The highest BCUT2D eigenvalue weighted by Crippen LogP contribution is 2.05. The van der Waals surface area contributed by atoms with Gasteiger partial charge in [-0.1, -0.05) is 0 Å². The summed E-state index contributed by atoms with van der Waals surface area (Å²) in [5.74, 6) is -0.519. The van der Waals surface area contributed by atoms with Gasteiger partial charge in [-0.2, -0.15) is 0 Å². The Balaban J connectivity index is 2.11. The van der Waals surface area contributed by atoms with E-state index in [1.165, 1.54) is 6.26 Å². The minimum absolute atomic E-state index is 0.0427. The molecule has 82 valence electrons. The first-order chi connectivity index (χ1) is 7.18. The standard InChI is InChI=1S/C9H12N2O4/c12-8(13)4-1-5-10-9(14)11-7-3-2-6-15-7/h2-3,6H,1,4-5H2,(H,12,13)(H2,10,11,14). The fourth-order valence-corrected chi connectivity index (χ4v) is 0.947. The molecule has 0 aliphatic carbocycles. The molecule has 0 spiro atoms. The molecule has 1 rings (SSSR count). The van der Waals surface area contributed by atoms with E-state index in [1.54, 1.807) is 12.1 Å². The van der Waals surface area contributed by atoms with E-state index in [-0.39, 0.29) is 6.42 Å². The Kier molecular flexibility index (Phi) is 4.21. The van der Waals surface area contributed by atoms with E-state index in [1.807, 2.05) is 0 Å². The first-order valence-corrected chi connectivity index (χ1v) is 4.48. The first-order valence-electron chi connectivity index (χ1n) is 4.48. The number of carbonyl (C=O) groups excluding carboxylic acids is 1. The maximum absolute atomic E-state index is 11.1. The SMILES string of the molecule is O=C(O)CCCNC(=O)Nc1ccco1. The van der Waals surface area contributed by atoms with Gasteiger partial charge in [0.05, 0.1) is 6.26 Å². The molecule has 0 fully saturated rings. The van der Waals surface area contributed by atoms with Gasteiger partial charge in [0.2, 0.25) is 5.88 Å². The normalized spacial score (nSPS) is 9.60. The van der Waals surface area contributed by atoms with Gasteiger partial charge >= 0.3 is 12.0 Å². The number of amides is 2. The summed E-state index contributed by atoms with van der Waals surface area (Å²) in [4.78, 5) is 21.3. The van der Waals surface area contributed by atoms with Crippen LogP contribution >= 0.6 is 0 Å². The van der Waals surface area contributed by atoms with Crippen molar-refractivity contribution < 1.29 is 19.1 Å². The zero-order valence-corrected chi connectivity index (χ0v) is 8.03. The first kappa shape index (κ1) is 11.1. The highest BCUT2D eigenvalue weighted by atomic mass is 16.4. The summed E-state index contributed by atoms with van der Waals surface area (Å²) in [5, 5.41) is 13.3. The average Bonchev–Trinajstić information content (AvgIpc) is 2.64. The van der Waals surface area contributed by atoms with E-state index in [9.17, 15) is 9.59 Å². The van der Waals surface area contributed by atoms with Gasteiger partial charge in [-0.05, 0) is 12.5 Å². The largest absolute Gasteiger partial charge is 0.481 e. The number of nitrogens with one attached hydrogen (secondary N) is 2. The summed E-state index contributed by atoms with van der Waals surface area (Å²) >= 11 is 0. The summed E-state index contributed by atoms with van der Waals surface area (Å²) in [5.41, 5.74) is 0. The van der Waals surface area contributed by atoms with Crippen molar-refractivity contribution in [2.24, 2.45) is 0 Å². The number of carboxylic acid groups (broad SMARTS) is 1. The number of aliphatic carboxylic acids is 1. The molecule has 0 aromatic carbocycles. The topological polar surface area (TPSA) is 91.6 Å². The Hall–Kier alpha value is -1.98. The van der Waals surface area contributed by atoms with E-state index in [4.69, 9.17) is 9.52 Å². The van der Waals surface area contributed by atoms with Crippen molar-refractivity contribution in [1.82, 2.24) is 5.32 Å². The maximum atomic E-state index is 11.1. The van der Waals surface area contributed by atoms with Crippen LogP contribution in [0.15, 0.2) is 22.8 Å². The molecule has 0 unspecified atom stereocenters. The molecule has 0 atom stereocenters. The van der Waals surface area contributed by atoms with Crippen LogP contribution in [0.1, 0.15) is 12.8 Å². The summed E-state index contributed by atoms with van der Waals surface area (Å²) < 4.78 is 4.88. The van der Waals surface area contributed by atoms with Gasteiger partial charge < -0.3 is 14.8 Å². The number of carbonyl (C=O) groups is 2. The van der Waals surface area contributed by atoms with Crippen molar-refractivity contribution in [3.8, 4) is 0 Å². The summed E-state index contributed by atoms with van der Waals surface area (Å²) in [6.07, 6.45) is 1.89. The molecule has 1 aromatic rings. The number of urea groups is 1. The van der Waals surface area contributed by atoms with E-state index in [0.29, 0.717) is 18.8 Å². The third kappa shape index (κ3) is 4.70. The number of anilines is 1. The van der Waals surface area contributed by atoms with Crippen molar-refractivity contribution in [3.05, 3.63) is 18.4 Å². The van der Waals surface area contributed by atoms with E-state index >= 15 is 0 Å². The van der Waals surface area contributed by atoms with Crippen LogP contribution in [0.4, 0.5) is 10.7 Å². The highest BCUT2D eigenvalue weighted by Gasteiger charge is 2.02. The number of carboxylic acids is 1. The van der Waals surface area contributed by atoms with Crippen LogP contribution in [-0.4, -0.2) is 23.7 Å². The molecule has 15 heavy (non-hydrogen) atoms. The molecule has 6 nitrogen and oxygen atoms in total. The lowest BCUT2D eigenvalue weighted by atomic mass is 10.3. The maximum Gasteiger partial charge on any atom is 0.321 e. The zero-order chi connectivity index (χ0) is 11.1. The summed E-state index contributed by atoms with van der Waals surface area (Å²) in [6, 6.07) is 2.85. The van der Waals surface area contributed by atoms with Crippen LogP contribution in [0.2, 0.25) is 0 Å². The summed E-state index contributed by atoms with van der Waals surface area (Å²) in [7, 11) is 0. The molecule has 3 N–H and O–H groups in total. The Labute approximate surface area is 86.3 Å². The van der Waals surface area contributed by atoms with Gasteiger partial charge in [0, 0.05) is 19.0 Å². The lowest BCUT2D eigenvalue weighted by Crippen LogP contribution is -2.29. The number of rotatable bonds is 5. The Morgan fingerprint density at radius 2 is 2.27 bits per heavy atom. The van der Waals surface area contributed by atoms with E-state index in [0.717, 1.165) is 0 Å². The van der Waals surface area contributed by atoms with Crippen LogP contribution in [0.25, 0.3) is 0 Å². The van der Waals surface area contributed by atoms with Gasteiger partial charge in [0.1, 0.15) is 0 Å². The van der Waals surface area contributed by atoms with Crippen molar-refractivity contribution in [3.63, 3.8) is 0 Å². The quantitative estimate of drug-likeness (QED) is 0.641. The van der Waals surface area contributed by atoms with Crippen LogP contribution in [0.5, 0.6) is 0 Å². The third-order valence-corrected chi connectivity index (χ3v) is 1.61. The predicted molar refractivity (Wildman–Crippen MR) is 52.6 cm³/mol. The van der Waals surface area contributed by atoms with Gasteiger partial charge in [0.15, 0.2) is 0 Å². The van der Waals surface area contributed by atoms with Crippen LogP contribution in [0.3, 0.4) is 0 Å².